The van der Waals surface area contributed by atoms with E-state index in [4.69, 9.17) is 4.74 Å². The summed E-state index contributed by atoms with van der Waals surface area (Å²) < 4.78 is 5.50. The monoisotopic (exact) mass is 140 g/mol. The molecule has 0 atom stereocenters. The van der Waals surface area contributed by atoms with Crippen LogP contribution in [-0.4, -0.2) is 12.7 Å². The van der Waals surface area contributed by atoms with Gasteiger partial charge in [0.25, 0.3) is 0 Å². The summed E-state index contributed by atoms with van der Waals surface area (Å²) >= 11 is 0. The molecule has 10 heavy (non-hydrogen) atoms. The van der Waals surface area contributed by atoms with Crippen LogP contribution in [0.15, 0.2) is 11.1 Å². The molecule has 58 valence electrons. The van der Waals surface area contributed by atoms with Crippen molar-refractivity contribution in [1.29, 1.82) is 0 Å². The summed E-state index contributed by atoms with van der Waals surface area (Å²) in [4.78, 5) is 0. The smallest absolute Gasteiger partial charge is 0.0649 e. The van der Waals surface area contributed by atoms with Crippen LogP contribution in [0.25, 0.3) is 0 Å². The Bertz CT molecular complexity index is 133. The van der Waals surface area contributed by atoms with Crippen LogP contribution in [0.5, 0.6) is 0 Å². The highest BCUT2D eigenvalue weighted by Crippen LogP contribution is 2.27. The lowest BCUT2D eigenvalue weighted by Crippen LogP contribution is -2.07. The number of ether oxygens (including phenoxy) is 1. The van der Waals surface area contributed by atoms with Gasteiger partial charge in [0.1, 0.15) is 0 Å². The first kappa shape index (κ1) is 7.80. The van der Waals surface area contributed by atoms with Crippen molar-refractivity contribution in [1.82, 2.24) is 0 Å². The predicted molar refractivity (Wildman–Crippen MR) is 43.0 cm³/mol. The molecular weight excluding hydrogens is 124 g/mol. The highest BCUT2D eigenvalue weighted by Gasteiger charge is 2.18. The molecule has 0 aromatic rings. The molecule has 0 bridgehead atoms. The van der Waals surface area contributed by atoms with E-state index in [-0.39, 0.29) is 0 Å². The summed E-state index contributed by atoms with van der Waals surface area (Å²) in [7, 11) is 0. The third kappa shape index (κ3) is 1.60. The minimum absolute atomic E-state index is 0.491. The van der Waals surface area contributed by atoms with Crippen molar-refractivity contribution in [3.05, 3.63) is 11.1 Å². The molecule has 0 radical (unpaired) electrons. The lowest BCUT2D eigenvalue weighted by atomic mass is 10.2. The van der Waals surface area contributed by atoms with Crippen molar-refractivity contribution in [2.45, 2.75) is 39.7 Å². The Morgan fingerprint density at radius 3 is 2.20 bits per heavy atom. The fourth-order valence-corrected chi connectivity index (χ4v) is 1.46. The SMILES string of the molecule is CCOC1CC(C)=C(C)C1. The van der Waals surface area contributed by atoms with E-state index in [1.165, 1.54) is 11.1 Å². The topological polar surface area (TPSA) is 9.23 Å². The summed E-state index contributed by atoms with van der Waals surface area (Å²) in [6.45, 7) is 7.32. The van der Waals surface area contributed by atoms with E-state index in [0.29, 0.717) is 6.10 Å². The van der Waals surface area contributed by atoms with Crippen LogP contribution in [0.2, 0.25) is 0 Å². The van der Waals surface area contributed by atoms with Gasteiger partial charge < -0.3 is 4.74 Å². The van der Waals surface area contributed by atoms with Crippen molar-refractivity contribution in [3.63, 3.8) is 0 Å². The Morgan fingerprint density at radius 2 is 1.80 bits per heavy atom. The van der Waals surface area contributed by atoms with Gasteiger partial charge in [-0.3, -0.25) is 0 Å². The Balaban J connectivity index is 2.36. The van der Waals surface area contributed by atoms with Crippen molar-refractivity contribution < 1.29 is 4.74 Å². The second-order valence-electron chi connectivity index (χ2n) is 3.05. The molecular formula is C9H16O. The van der Waals surface area contributed by atoms with E-state index in [1.807, 2.05) is 0 Å². The van der Waals surface area contributed by atoms with E-state index in [0.717, 1.165) is 19.4 Å². The molecule has 0 aromatic carbocycles. The average molecular weight is 140 g/mol. The fourth-order valence-electron chi connectivity index (χ4n) is 1.46. The van der Waals surface area contributed by atoms with Crippen LogP contribution in [0.1, 0.15) is 33.6 Å². The average Bonchev–Trinajstić information content (AvgIpc) is 2.14. The molecule has 1 heteroatoms. The molecule has 0 amide bonds. The van der Waals surface area contributed by atoms with Gasteiger partial charge in [0.15, 0.2) is 0 Å². The normalized spacial score (nSPS) is 20.7. The molecule has 1 aliphatic rings. The third-order valence-electron chi connectivity index (χ3n) is 2.20. The van der Waals surface area contributed by atoms with Gasteiger partial charge in [-0.15, -0.1) is 0 Å². The molecule has 0 saturated heterocycles. The summed E-state index contributed by atoms with van der Waals surface area (Å²) in [6, 6.07) is 0. The largest absolute Gasteiger partial charge is 0.378 e. The van der Waals surface area contributed by atoms with Crippen molar-refractivity contribution in [3.8, 4) is 0 Å². The molecule has 1 aliphatic carbocycles. The minimum atomic E-state index is 0.491. The molecule has 0 saturated carbocycles. The molecule has 1 nitrogen and oxygen atoms in total. The zero-order valence-corrected chi connectivity index (χ0v) is 7.11. The molecule has 0 N–H and O–H groups in total. The van der Waals surface area contributed by atoms with Crippen LogP contribution in [0.4, 0.5) is 0 Å². The van der Waals surface area contributed by atoms with Crippen LogP contribution >= 0.6 is 0 Å². The number of hydrogen-bond acceptors (Lipinski definition) is 1. The summed E-state index contributed by atoms with van der Waals surface area (Å²) in [6.07, 6.45) is 2.80. The Morgan fingerprint density at radius 1 is 1.30 bits per heavy atom. The molecule has 0 aromatic heterocycles. The van der Waals surface area contributed by atoms with Gasteiger partial charge >= 0.3 is 0 Å². The molecule has 0 heterocycles. The third-order valence-corrected chi connectivity index (χ3v) is 2.20. The first-order chi connectivity index (χ1) is 4.74. The molecule has 0 spiro atoms. The van der Waals surface area contributed by atoms with Crippen LogP contribution in [0, 0.1) is 0 Å². The molecule has 0 unspecified atom stereocenters. The zero-order chi connectivity index (χ0) is 7.56. The fraction of sp³-hybridized carbons (Fsp3) is 0.778. The van der Waals surface area contributed by atoms with Gasteiger partial charge in [-0.1, -0.05) is 11.1 Å². The standard InChI is InChI=1S/C9H16O/c1-4-10-9-5-7(2)8(3)6-9/h9H,4-6H2,1-3H3. The van der Waals surface area contributed by atoms with Crippen molar-refractivity contribution in [2.24, 2.45) is 0 Å². The van der Waals surface area contributed by atoms with Crippen LogP contribution in [0.3, 0.4) is 0 Å². The van der Waals surface area contributed by atoms with Gasteiger partial charge in [0, 0.05) is 6.61 Å². The van der Waals surface area contributed by atoms with E-state index < -0.39 is 0 Å². The maximum atomic E-state index is 5.50. The molecule has 0 fully saturated rings. The first-order valence-corrected chi connectivity index (χ1v) is 4.01. The zero-order valence-electron chi connectivity index (χ0n) is 7.11. The number of rotatable bonds is 2. The second-order valence-corrected chi connectivity index (χ2v) is 3.05. The van der Waals surface area contributed by atoms with Gasteiger partial charge in [0.05, 0.1) is 6.10 Å². The van der Waals surface area contributed by atoms with Crippen LogP contribution in [-0.2, 0) is 4.74 Å². The van der Waals surface area contributed by atoms with E-state index in [1.54, 1.807) is 0 Å². The van der Waals surface area contributed by atoms with Crippen molar-refractivity contribution >= 4 is 0 Å². The highest BCUT2D eigenvalue weighted by molar-refractivity contribution is 5.17. The molecule has 0 aliphatic heterocycles. The summed E-state index contributed by atoms with van der Waals surface area (Å²) in [5.41, 5.74) is 3.05. The maximum Gasteiger partial charge on any atom is 0.0649 e. The Labute approximate surface area is 63.1 Å². The van der Waals surface area contributed by atoms with Gasteiger partial charge in [0.2, 0.25) is 0 Å². The quantitative estimate of drug-likeness (QED) is 0.535. The van der Waals surface area contributed by atoms with Crippen molar-refractivity contribution in [2.75, 3.05) is 6.61 Å². The van der Waals surface area contributed by atoms with E-state index in [2.05, 4.69) is 20.8 Å². The van der Waals surface area contributed by atoms with Gasteiger partial charge in [-0.2, -0.15) is 0 Å². The Kier molecular flexibility index (Phi) is 2.50. The van der Waals surface area contributed by atoms with Gasteiger partial charge in [-0.05, 0) is 33.6 Å². The predicted octanol–water partition coefficient (Wildman–Crippen LogP) is 2.52. The minimum Gasteiger partial charge on any atom is -0.378 e. The molecule has 1 rings (SSSR count). The lowest BCUT2D eigenvalue weighted by molar-refractivity contribution is 0.0705. The maximum absolute atomic E-state index is 5.50. The Hall–Kier alpha value is -0.300. The lowest BCUT2D eigenvalue weighted by Gasteiger charge is -2.08. The van der Waals surface area contributed by atoms with Gasteiger partial charge in [-0.25, -0.2) is 0 Å². The first-order valence-electron chi connectivity index (χ1n) is 4.01. The van der Waals surface area contributed by atoms with E-state index >= 15 is 0 Å². The summed E-state index contributed by atoms with van der Waals surface area (Å²) in [5.74, 6) is 0. The second kappa shape index (κ2) is 3.20. The van der Waals surface area contributed by atoms with E-state index in [9.17, 15) is 0 Å². The summed E-state index contributed by atoms with van der Waals surface area (Å²) in [5, 5.41) is 0. The highest BCUT2D eigenvalue weighted by atomic mass is 16.5. The number of hydrogen-bond donors (Lipinski definition) is 0. The van der Waals surface area contributed by atoms with Crippen LogP contribution < -0.4 is 0 Å².